The zero-order valence-electron chi connectivity index (χ0n) is 12.2. The molecule has 3 rings (SSSR count). The minimum atomic E-state index is -0.864. The summed E-state index contributed by atoms with van der Waals surface area (Å²) >= 11 is 9.39. The summed E-state index contributed by atoms with van der Waals surface area (Å²) in [5.41, 5.74) is 9.44. The van der Waals surface area contributed by atoms with E-state index in [1.54, 1.807) is 36.4 Å². The minimum Gasteiger partial charge on any atom is -0.508 e. The van der Waals surface area contributed by atoms with Gasteiger partial charge in [-0.3, -0.25) is 15.0 Å². The summed E-state index contributed by atoms with van der Waals surface area (Å²) < 4.78 is 0.725. The Kier molecular flexibility index (Phi) is 4.38. The number of hydrogen-bond donors (Lipinski definition) is 3. The largest absolute Gasteiger partial charge is 0.508 e. The third-order valence-corrected chi connectivity index (χ3v) is 4.65. The smallest absolute Gasteiger partial charge is 0.269 e. The van der Waals surface area contributed by atoms with E-state index in [9.17, 15) is 14.7 Å². The van der Waals surface area contributed by atoms with Gasteiger partial charge in [-0.1, -0.05) is 15.9 Å². The number of carbonyl (C=O) groups is 2. The maximum absolute atomic E-state index is 12.3. The number of nitrogens with two attached hydrogens (primary N) is 1. The van der Waals surface area contributed by atoms with Crippen molar-refractivity contribution in [3.8, 4) is 5.75 Å². The van der Waals surface area contributed by atoms with E-state index in [0.717, 1.165) is 9.48 Å². The molecule has 8 heteroatoms. The molecule has 124 valence electrons. The number of rotatable bonds is 3. The number of benzene rings is 2. The third-order valence-electron chi connectivity index (χ3n) is 3.73. The summed E-state index contributed by atoms with van der Waals surface area (Å²) in [6.45, 7) is 0. The molecule has 1 saturated heterocycles. The second kappa shape index (κ2) is 6.33. The number of carbonyl (C=O) groups excluding carboxylic acids is 2. The highest BCUT2D eigenvalue weighted by Crippen LogP contribution is 2.41. The van der Waals surface area contributed by atoms with Crippen molar-refractivity contribution >= 4 is 45.0 Å². The summed E-state index contributed by atoms with van der Waals surface area (Å²) in [6.07, 6.45) is 0. The SMILES string of the molecule is Nc1ccc(C(=O)NN2C(=O)[C@H](Cl)[C@@H]2c2cc(Br)ccc2O)cc1. The molecular formula is C16H13BrClN3O3. The first kappa shape index (κ1) is 16.6. The van der Waals surface area contributed by atoms with Crippen LogP contribution >= 0.6 is 27.5 Å². The van der Waals surface area contributed by atoms with E-state index >= 15 is 0 Å². The molecular weight excluding hydrogens is 398 g/mol. The van der Waals surface area contributed by atoms with Crippen LogP contribution in [0.4, 0.5) is 5.69 Å². The average Bonchev–Trinajstić information content (AvgIpc) is 2.57. The fourth-order valence-corrected chi connectivity index (χ4v) is 3.18. The Morgan fingerprint density at radius 2 is 1.92 bits per heavy atom. The Morgan fingerprint density at radius 3 is 2.58 bits per heavy atom. The molecule has 2 aromatic carbocycles. The molecule has 2 atom stereocenters. The monoisotopic (exact) mass is 409 g/mol. The number of phenolic OH excluding ortho intramolecular Hbond substituents is 1. The van der Waals surface area contributed by atoms with Crippen molar-refractivity contribution in [2.75, 3.05) is 5.73 Å². The fraction of sp³-hybridized carbons (Fsp3) is 0.125. The number of nitrogens with zero attached hydrogens (tertiary/aromatic N) is 1. The number of amides is 2. The first-order chi connectivity index (χ1) is 11.4. The van der Waals surface area contributed by atoms with Gasteiger partial charge in [0.1, 0.15) is 17.2 Å². The molecule has 1 fully saturated rings. The van der Waals surface area contributed by atoms with Crippen LogP contribution in [0.3, 0.4) is 0 Å². The van der Waals surface area contributed by atoms with Crippen LogP contribution in [0.25, 0.3) is 0 Å². The molecule has 0 unspecified atom stereocenters. The van der Waals surface area contributed by atoms with Gasteiger partial charge in [-0.15, -0.1) is 11.6 Å². The zero-order valence-corrected chi connectivity index (χ0v) is 14.6. The summed E-state index contributed by atoms with van der Waals surface area (Å²) in [7, 11) is 0. The van der Waals surface area contributed by atoms with Crippen LogP contribution in [-0.4, -0.2) is 27.3 Å². The van der Waals surface area contributed by atoms with Gasteiger partial charge in [-0.2, -0.15) is 0 Å². The lowest BCUT2D eigenvalue weighted by Crippen LogP contribution is -2.63. The van der Waals surface area contributed by atoms with E-state index in [2.05, 4.69) is 21.4 Å². The molecule has 4 N–H and O–H groups in total. The van der Waals surface area contributed by atoms with E-state index in [1.807, 2.05) is 0 Å². The van der Waals surface area contributed by atoms with Gasteiger partial charge in [0.15, 0.2) is 0 Å². The normalized spacial score (nSPS) is 19.8. The van der Waals surface area contributed by atoms with Crippen molar-refractivity contribution in [2.24, 2.45) is 0 Å². The molecule has 6 nitrogen and oxygen atoms in total. The van der Waals surface area contributed by atoms with E-state index < -0.39 is 23.2 Å². The molecule has 0 aliphatic carbocycles. The van der Waals surface area contributed by atoms with E-state index in [4.69, 9.17) is 17.3 Å². The topological polar surface area (TPSA) is 95.7 Å². The number of nitrogens with one attached hydrogen (secondary N) is 1. The molecule has 0 saturated carbocycles. The van der Waals surface area contributed by atoms with Crippen molar-refractivity contribution in [3.05, 3.63) is 58.1 Å². The van der Waals surface area contributed by atoms with Crippen LogP contribution in [0, 0.1) is 0 Å². The van der Waals surface area contributed by atoms with Crippen LogP contribution < -0.4 is 11.2 Å². The second-order valence-electron chi connectivity index (χ2n) is 5.32. The third kappa shape index (κ3) is 2.92. The lowest BCUT2D eigenvalue weighted by molar-refractivity contribution is -0.149. The standard InChI is InChI=1S/C16H13BrClN3O3/c17-9-3-6-12(22)11(7-9)14-13(18)16(24)21(14)20-15(23)8-1-4-10(19)5-2-8/h1-7,13-14,22H,19H2,(H,20,23)/t13-,14+/m1/s1. The maximum atomic E-state index is 12.3. The number of phenols is 1. The number of nitrogen functional groups attached to an aromatic ring is 1. The molecule has 1 aliphatic rings. The molecule has 1 heterocycles. The number of hydrazine groups is 1. The summed E-state index contributed by atoms with van der Waals surface area (Å²) in [6, 6.07) is 10.5. The van der Waals surface area contributed by atoms with Crippen LogP contribution in [0.1, 0.15) is 22.0 Å². The van der Waals surface area contributed by atoms with Gasteiger partial charge in [0.25, 0.3) is 11.8 Å². The zero-order chi connectivity index (χ0) is 17.4. The molecule has 24 heavy (non-hydrogen) atoms. The van der Waals surface area contributed by atoms with Gasteiger partial charge >= 0.3 is 0 Å². The van der Waals surface area contributed by atoms with Crippen molar-refractivity contribution < 1.29 is 14.7 Å². The Bertz CT molecular complexity index is 813. The van der Waals surface area contributed by atoms with Crippen molar-refractivity contribution in [1.29, 1.82) is 0 Å². The Hall–Kier alpha value is -2.25. The highest BCUT2D eigenvalue weighted by Gasteiger charge is 2.49. The highest BCUT2D eigenvalue weighted by molar-refractivity contribution is 9.10. The highest BCUT2D eigenvalue weighted by atomic mass is 79.9. The van der Waals surface area contributed by atoms with Crippen LogP contribution in [0.5, 0.6) is 5.75 Å². The van der Waals surface area contributed by atoms with Crippen LogP contribution in [0.15, 0.2) is 46.9 Å². The van der Waals surface area contributed by atoms with Gasteiger partial charge < -0.3 is 10.8 Å². The Labute approximate surface area is 151 Å². The Balaban J connectivity index is 1.83. The summed E-state index contributed by atoms with van der Waals surface area (Å²) in [4.78, 5) is 24.3. The minimum absolute atomic E-state index is 0.00640. The second-order valence-corrected chi connectivity index (χ2v) is 6.71. The van der Waals surface area contributed by atoms with Gasteiger partial charge in [-0.05, 0) is 42.5 Å². The van der Waals surface area contributed by atoms with Crippen LogP contribution in [-0.2, 0) is 4.79 Å². The molecule has 1 aliphatic heterocycles. The van der Waals surface area contributed by atoms with Crippen molar-refractivity contribution in [3.63, 3.8) is 0 Å². The van der Waals surface area contributed by atoms with Gasteiger partial charge in [0.05, 0.1) is 0 Å². The quantitative estimate of drug-likeness (QED) is 0.412. The molecule has 0 aromatic heterocycles. The number of β-lactam (4-membered cyclic amide) rings is 1. The summed E-state index contributed by atoms with van der Waals surface area (Å²) in [5, 5.41) is 10.3. The lowest BCUT2D eigenvalue weighted by Gasteiger charge is -2.44. The van der Waals surface area contributed by atoms with E-state index in [0.29, 0.717) is 16.8 Å². The molecule has 2 amide bonds. The fourth-order valence-electron chi connectivity index (χ4n) is 2.45. The first-order valence-electron chi connectivity index (χ1n) is 7.00. The maximum Gasteiger partial charge on any atom is 0.269 e. The number of anilines is 1. The molecule has 0 bridgehead atoms. The van der Waals surface area contributed by atoms with Crippen molar-refractivity contribution in [2.45, 2.75) is 11.4 Å². The molecule has 0 radical (unpaired) electrons. The number of halogens is 2. The Morgan fingerprint density at radius 1 is 1.25 bits per heavy atom. The van der Waals surface area contributed by atoms with Gasteiger partial charge in [-0.25, -0.2) is 5.01 Å². The predicted molar refractivity (Wildman–Crippen MR) is 93.4 cm³/mol. The lowest BCUT2D eigenvalue weighted by atomic mass is 9.94. The molecule has 2 aromatic rings. The summed E-state index contributed by atoms with van der Waals surface area (Å²) in [5.74, 6) is -0.913. The average molecular weight is 411 g/mol. The number of aromatic hydroxyl groups is 1. The van der Waals surface area contributed by atoms with E-state index in [-0.39, 0.29) is 5.75 Å². The first-order valence-corrected chi connectivity index (χ1v) is 8.23. The van der Waals surface area contributed by atoms with Crippen LogP contribution in [0.2, 0.25) is 0 Å². The number of hydrogen-bond acceptors (Lipinski definition) is 4. The van der Waals surface area contributed by atoms with Crippen molar-refractivity contribution in [1.82, 2.24) is 10.4 Å². The van der Waals surface area contributed by atoms with Gasteiger partial charge in [0.2, 0.25) is 0 Å². The van der Waals surface area contributed by atoms with Gasteiger partial charge in [0, 0.05) is 21.3 Å². The number of alkyl halides is 1. The predicted octanol–water partition coefficient (Wildman–Crippen LogP) is 2.57. The van der Waals surface area contributed by atoms with E-state index in [1.165, 1.54) is 6.07 Å². The molecule has 0 spiro atoms.